The number of hydrogen-bond donors (Lipinski definition) is 1. The summed E-state index contributed by atoms with van der Waals surface area (Å²) in [6.45, 7) is 0. The number of ether oxygens (including phenoxy) is 2. The number of benzene rings is 2. The quantitative estimate of drug-likeness (QED) is 0.720. The Morgan fingerprint density at radius 2 is 1.85 bits per heavy atom. The molecule has 2 heterocycles. The van der Waals surface area contributed by atoms with Gasteiger partial charge in [0.1, 0.15) is 12.0 Å². The SMILES string of the molecule is O=C(Nc1ccc2c(c1)OC(F)(F)O2)c1cc(-c2cccc(Cl)c2)ncn1. The summed E-state index contributed by atoms with van der Waals surface area (Å²) in [6, 6.07) is 12.4. The molecule has 0 atom stereocenters. The van der Waals surface area contributed by atoms with E-state index in [0.29, 0.717) is 10.7 Å². The Morgan fingerprint density at radius 3 is 2.67 bits per heavy atom. The Bertz CT molecular complexity index is 1050. The van der Waals surface area contributed by atoms with Crippen LogP contribution in [0.15, 0.2) is 54.9 Å². The van der Waals surface area contributed by atoms with E-state index in [2.05, 4.69) is 24.8 Å². The molecular formula is C18H10ClF2N3O3. The van der Waals surface area contributed by atoms with E-state index in [-0.39, 0.29) is 22.9 Å². The molecule has 6 nitrogen and oxygen atoms in total. The first-order valence-corrected chi connectivity index (χ1v) is 8.07. The molecule has 0 radical (unpaired) electrons. The van der Waals surface area contributed by atoms with Gasteiger partial charge >= 0.3 is 6.29 Å². The molecule has 4 rings (SSSR count). The highest BCUT2D eigenvalue weighted by Gasteiger charge is 2.43. The minimum Gasteiger partial charge on any atom is -0.395 e. The Morgan fingerprint density at radius 1 is 1.04 bits per heavy atom. The van der Waals surface area contributed by atoms with Gasteiger partial charge in [-0.3, -0.25) is 4.79 Å². The smallest absolute Gasteiger partial charge is 0.395 e. The van der Waals surface area contributed by atoms with Crippen LogP contribution in [-0.2, 0) is 0 Å². The second kappa shape index (κ2) is 6.48. The van der Waals surface area contributed by atoms with Gasteiger partial charge in [-0.15, -0.1) is 8.78 Å². The Kier molecular flexibility index (Phi) is 4.12. The number of halogens is 3. The number of amides is 1. The zero-order valence-corrected chi connectivity index (χ0v) is 14.2. The fraction of sp³-hybridized carbons (Fsp3) is 0.0556. The summed E-state index contributed by atoms with van der Waals surface area (Å²) in [5.41, 5.74) is 1.60. The van der Waals surface area contributed by atoms with Crippen molar-refractivity contribution in [2.45, 2.75) is 6.29 Å². The van der Waals surface area contributed by atoms with Crippen LogP contribution in [0.3, 0.4) is 0 Å². The van der Waals surface area contributed by atoms with Crippen LogP contribution in [0.2, 0.25) is 5.02 Å². The third-order valence-electron chi connectivity index (χ3n) is 3.68. The van der Waals surface area contributed by atoms with Crippen molar-refractivity contribution in [3.63, 3.8) is 0 Å². The number of anilines is 1. The average molecular weight is 390 g/mol. The molecule has 2 aromatic carbocycles. The van der Waals surface area contributed by atoms with Gasteiger partial charge < -0.3 is 14.8 Å². The molecule has 0 saturated carbocycles. The van der Waals surface area contributed by atoms with Crippen molar-refractivity contribution in [2.75, 3.05) is 5.32 Å². The molecule has 136 valence electrons. The molecule has 0 saturated heterocycles. The Hall–Kier alpha value is -3.26. The largest absolute Gasteiger partial charge is 0.586 e. The standard InChI is InChI=1S/C18H10ClF2N3O3/c19-11-3-1-2-10(6-11)13-8-14(23-9-22-13)17(25)24-12-4-5-15-16(7-12)27-18(20,21)26-15/h1-9H,(H,24,25). The van der Waals surface area contributed by atoms with E-state index in [1.54, 1.807) is 24.3 Å². The summed E-state index contributed by atoms with van der Waals surface area (Å²) in [5.74, 6) is -0.810. The van der Waals surface area contributed by atoms with Gasteiger partial charge in [-0.2, -0.15) is 0 Å². The molecule has 27 heavy (non-hydrogen) atoms. The van der Waals surface area contributed by atoms with Crippen molar-refractivity contribution in [2.24, 2.45) is 0 Å². The molecule has 3 aromatic rings. The van der Waals surface area contributed by atoms with Gasteiger partial charge in [-0.05, 0) is 30.3 Å². The zero-order chi connectivity index (χ0) is 19.0. The maximum Gasteiger partial charge on any atom is 0.586 e. The van der Waals surface area contributed by atoms with E-state index >= 15 is 0 Å². The van der Waals surface area contributed by atoms with Crippen molar-refractivity contribution >= 4 is 23.2 Å². The Balaban J connectivity index is 1.55. The number of rotatable bonds is 3. The second-order valence-electron chi connectivity index (χ2n) is 5.58. The molecule has 1 aliphatic rings. The molecule has 1 aliphatic heterocycles. The van der Waals surface area contributed by atoms with Gasteiger partial charge in [0.05, 0.1) is 5.69 Å². The van der Waals surface area contributed by atoms with Crippen LogP contribution in [0, 0.1) is 0 Å². The van der Waals surface area contributed by atoms with Crippen LogP contribution in [0.4, 0.5) is 14.5 Å². The third-order valence-corrected chi connectivity index (χ3v) is 3.91. The summed E-state index contributed by atoms with van der Waals surface area (Å²) >= 11 is 5.97. The van der Waals surface area contributed by atoms with E-state index in [0.717, 1.165) is 5.56 Å². The minimum absolute atomic E-state index is 0.1000. The lowest BCUT2D eigenvalue weighted by molar-refractivity contribution is -0.286. The first kappa shape index (κ1) is 17.2. The van der Waals surface area contributed by atoms with Crippen molar-refractivity contribution in [1.29, 1.82) is 0 Å². The normalized spacial score (nSPS) is 14.0. The van der Waals surface area contributed by atoms with Gasteiger partial charge in [-0.1, -0.05) is 23.7 Å². The lowest BCUT2D eigenvalue weighted by Gasteiger charge is -2.07. The second-order valence-corrected chi connectivity index (χ2v) is 6.02. The average Bonchev–Trinajstić information content (AvgIpc) is 2.95. The molecule has 0 bridgehead atoms. The van der Waals surface area contributed by atoms with Gasteiger partial charge in [0, 0.05) is 22.3 Å². The van der Waals surface area contributed by atoms with Gasteiger partial charge in [0.15, 0.2) is 11.5 Å². The molecule has 0 unspecified atom stereocenters. The molecule has 1 amide bonds. The third kappa shape index (κ3) is 3.65. The number of carbonyl (C=O) groups is 1. The number of hydrogen-bond acceptors (Lipinski definition) is 5. The first-order chi connectivity index (χ1) is 12.9. The number of nitrogens with one attached hydrogen (secondary N) is 1. The van der Waals surface area contributed by atoms with Crippen LogP contribution < -0.4 is 14.8 Å². The topological polar surface area (TPSA) is 73.3 Å². The van der Waals surface area contributed by atoms with Crippen LogP contribution in [0.5, 0.6) is 11.5 Å². The fourth-order valence-corrected chi connectivity index (χ4v) is 2.70. The van der Waals surface area contributed by atoms with Crippen molar-refractivity contribution in [1.82, 2.24) is 9.97 Å². The molecular weight excluding hydrogens is 380 g/mol. The lowest BCUT2D eigenvalue weighted by atomic mass is 10.1. The van der Waals surface area contributed by atoms with Crippen LogP contribution in [0.1, 0.15) is 10.5 Å². The Labute approximate surface area is 156 Å². The lowest BCUT2D eigenvalue weighted by Crippen LogP contribution is -2.25. The number of aromatic nitrogens is 2. The van der Waals surface area contributed by atoms with Gasteiger partial charge in [0.2, 0.25) is 0 Å². The van der Waals surface area contributed by atoms with Crippen molar-refractivity contribution in [3.8, 4) is 22.8 Å². The maximum absolute atomic E-state index is 13.1. The van der Waals surface area contributed by atoms with Crippen molar-refractivity contribution in [3.05, 3.63) is 65.6 Å². The van der Waals surface area contributed by atoms with Crippen LogP contribution in [-0.4, -0.2) is 22.2 Å². The summed E-state index contributed by atoms with van der Waals surface area (Å²) < 4.78 is 34.8. The van der Waals surface area contributed by atoms with Crippen molar-refractivity contribution < 1.29 is 23.0 Å². The van der Waals surface area contributed by atoms with E-state index < -0.39 is 12.2 Å². The number of alkyl halides is 2. The fourth-order valence-electron chi connectivity index (χ4n) is 2.51. The highest BCUT2D eigenvalue weighted by Crippen LogP contribution is 2.42. The predicted octanol–water partition coefficient (Wildman–Crippen LogP) is 4.37. The van der Waals surface area contributed by atoms with Crippen LogP contribution in [0.25, 0.3) is 11.3 Å². The van der Waals surface area contributed by atoms with Crippen LogP contribution >= 0.6 is 11.6 Å². The first-order valence-electron chi connectivity index (χ1n) is 7.69. The number of nitrogens with zero attached hydrogens (tertiary/aromatic N) is 2. The highest BCUT2D eigenvalue weighted by atomic mass is 35.5. The minimum atomic E-state index is -3.72. The molecule has 0 fully saturated rings. The zero-order valence-electron chi connectivity index (χ0n) is 13.4. The summed E-state index contributed by atoms with van der Waals surface area (Å²) in [5, 5.41) is 3.11. The monoisotopic (exact) mass is 389 g/mol. The van der Waals surface area contributed by atoms with E-state index in [1.165, 1.54) is 30.6 Å². The highest BCUT2D eigenvalue weighted by molar-refractivity contribution is 6.30. The molecule has 9 heteroatoms. The molecule has 0 spiro atoms. The molecule has 0 aliphatic carbocycles. The summed E-state index contributed by atoms with van der Waals surface area (Å²) in [6.07, 6.45) is -2.46. The van der Waals surface area contributed by atoms with E-state index in [1.807, 2.05) is 0 Å². The predicted molar refractivity (Wildman–Crippen MR) is 93.1 cm³/mol. The molecule has 1 aromatic heterocycles. The van der Waals surface area contributed by atoms with Gasteiger partial charge in [-0.25, -0.2) is 9.97 Å². The summed E-state index contributed by atoms with van der Waals surface area (Å²) in [4.78, 5) is 20.5. The summed E-state index contributed by atoms with van der Waals surface area (Å²) in [7, 11) is 0. The number of fused-ring (bicyclic) bond motifs is 1. The van der Waals surface area contributed by atoms with E-state index in [4.69, 9.17) is 11.6 Å². The van der Waals surface area contributed by atoms with Gasteiger partial charge in [0.25, 0.3) is 5.91 Å². The molecule has 1 N–H and O–H groups in total. The van der Waals surface area contributed by atoms with E-state index in [9.17, 15) is 13.6 Å². The number of carbonyl (C=O) groups excluding carboxylic acids is 1. The maximum atomic E-state index is 13.1.